The first kappa shape index (κ1) is 14.2. The van der Waals surface area contributed by atoms with E-state index in [-0.39, 0.29) is 6.61 Å². The van der Waals surface area contributed by atoms with Crippen molar-refractivity contribution < 1.29 is 19.7 Å². The number of rotatable bonds is 4. The lowest BCUT2D eigenvalue weighted by Crippen LogP contribution is -2.46. The summed E-state index contributed by atoms with van der Waals surface area (Å²) >= 11 is 1.39. The highest BCUT2D eigenvalue weighted by molar-refractivity contribution is 7.13. The van der Waals surface area contributed by atoms with E-state index in [0.29, 0.717) is 38.2 Å². The van der Waals surface area contributed by atoms with Crippen LogP contribution in [-0.2, 0) is 4.74 Å². The fraction of sp³-hybridized carbons (Fsp3) is 0.667. The Morgan fingerprint density at radius 3 is 2.84 bits per heavy atom. The maximum absolute atomic E-state index is 11.5. The van der Waals surface area contributed by atoms with Crippen LogP contribution >= 0.6 is 11.3 Å². The molecule has 0 spiro atoms. The zero-order chi connectivity index (χ0) is 13.9. The van der Waals surface area contributed by atoms with Crippen LogP contribution in [0.25, 0.3) is 0 Å². The average Bonchev–Trinajstić information content (AvgIpc) is 2.90. The van der Waals surface area contributed by atoms with Crippen molar-refractivity contribution in [2.24, 2.45) is 0 Å². The summed E-state index contributed by atoms with van der Waals surface area (Å²) in [5.41, 5.74) is -0.651. The number of carbonyl (C=O) groups excluding carboxylic acids is 1. The third-order valence-corrected chi connectivity index (χ3v) is 4.14. The lowest BCUT2D eigenvalue weighted by atomic mass is 9.93. The predicted octanol–water partition coefficient (Wildman–Crippen LogP) is 0.643. The van der Waals surface area contributed by atoms with Crippen molar-refractivity contribution in [1.82, 2.24) is 4.98 Å². The molecule has 0 radical (unpaired) electrons. The highest BCUT2D eigenvalue weighted by Gasteiger charge is 2.32. The van der Waals surface area contributed by atoms with E-state index in [9.17, 15) is 9.90 Å². The van der Waals surface area contributed by atoms with Crippen molar-refractivity contribution in [2.75, 3.05) is 31.2 Å². The second kappa shape index (κ2) is 5.85. The van der Waals surface area contributed by atoms with Crippen LogP contribution in [0.3, 0.4) is 0 Å². The van der Waals surface area contributed by atoms with E-state index in [1.54, 1.807) is 12.3 Å². The molecule has 0 bridgehead atoms. The average molecular weight is 286 g/mol. The minimum Gasteiger partial charge on any atom is -0.461 e. The molecule has 2 N–H and O–H groups in total. The van der Waals surface area contributed by atoms with Crippen molar-refractivity contribution in [1.29, 1.82) is 0 Å². The van der Waals surface area contributed by atoms with Crippen molar-refractivity contribution in [3.63, 3.8) is 0 Å². The van der Waals surface area contributed by atoms with Gasteiger partial charge in [-0.2, -0.15) is 0 Å². The van der Waals surface area contributed by atoms with Gasteiger partial charge in [0.2, 0.25) is 0 Å². The first-order valence-corrected chi connectivity index (χ1v) is 7.17. The van der Waals surface area contributed by atoms with Gasteiger partial charge in [-0.1, -0.05) is 0 Å². The van der Waals surface area contributed by atoms with Gasteiger partial charge >= 0.3 is 5.97 Å². The van der Waals surface area contributed by atoms with Gasteiger partial charge in [-0.3, -0.25) is 0 Å². The summed E-state index contributed by atoms with van der Waals surface area (Å²) in [5.74, 6) is -0.408. The standard InChI is InChI=1S/C12H18N2O4S/c1-2-18-10(16)9-7-19-11(13-9)14-5-3-12(17,8-15)4-6-14/h7,15,17H,2-6,8H2,1H3. The maximum atomic E-state index is 11.5. The molecule has 2 rings (SSSR count). The Morgan fingerprint density at radius 2 is 2.26 bits per heavy atom. The third kappa shape index (κ3) is 3.23. The summed E-state index contributed by atoms with van der Waals surface area (Å²) < 4.78 is 4.89. The van der Waals surface area contributed by atoms with Crippen molar-refractivity contribution >= 4 is 22.4 Å². The van der Waals surface area contributed by atoms with Crippen LogP contribution in [0.2, 0.25) is 0 Å². The van der Waals surface area contributed by atoms with E-state index in [0.717, 1.165) is 5.13 Å². The minimum absolute atomic E-state index is 0.215. The molecule has 1 aliphatic rings. The van der Waals surface area contributed by atoms with Gasteiger partial charge in [0, 0.05) is 18.5 Å². The number of piperidine rings is 1. The molecule has 1 saturated heterocycles. The highest BCUT2D eigenvalue weighted by Crippen LogP contribution is 2.28. The van der Waals surface area contributed by atoms with Gasteiger partial charge in [-0.15, -0.1) is 11.3 Å². The normalized spacial score (nSPS) is 18.4. The largest absolute Gasteiger partial charge is 0.461 e. The SMILES string of the molecule is CCOC(=O)c1csc(N2CCC(O)(CO)CC2)n1. The number of hydrogen-bond acceptors (Lipinski definition) is 7. The van der Waals surface area contributed by atoms with Crippen molar-refractivity contribution in [2.45, 2.75) is 25.4 Å². The van der Waals surface area contributed by atoms with Gasteiger partial charge in [0.05, 0.1) is 18.8 Å². The fourth-order valence-corrected chi connectivity index (χ4v) is 2.83. The smallest absolute Gasteiger partial charge is 0.357 e. The van der Waals surface area contributed by atoms with E-state index < -0.39 is 11.6 Å². The summed E-state index contributed by atoms with van der Waals surface area (Å²) in [6.07, 6.45) is 0.996. The van der Waals surface area contributed by atoms with E-state index >= 15 is 0 Å². The Kier molecular flexibility index (Phi) is 4.38. The van der Waals surface area contributed by atoms with Crippen LogP contribution in [-0.4, -0.2) is 53.1 Å². The molecule has 6 nitrogen and oxygen atoms in total. The molecule has 1 aromatic heterocycles. The second-order valence-corrected chi connectivity index (χ2v) is 5.44. The molecule has 1 fully saturated rings. The molecule has 1 aromatic rings. The summed E-state index contributed by atoms with van der Waals surface area (Å²) in [4.78, 5) is 17.8. The first-order valence-electron chi connectivity index (χ1n) is 6.29. The minimum atomic E-state index is -0.974. The molecular weight excluding hydrogens is 268 g/mol. The Bertz CT molecular complexity index is 441. The van der Waals surface area contributed by atoms with Crippen LogP contribution in [0.4, 0.5) is 5.13 Å². The van der Waals surface area contributed by atoms with Gasteiger partial charge < -0.3 is 19.8 Å². The zero-order valence-corrected chi connectivity index (χ0v) is 11.7. The van der Waals surface area contributed by atoms with Crippen LogP contribution < -0.4 is 4.90 Å². The Labute approximate surface area is 115 Å². The molecule has 0 saturated carbocycles. The zero-order valence-electron chi connectivity index (χ0n) is 10.8. The molecule has 0 aromatic carbocycles. The van der Waals surface area contributed by atoms with Gasteiger partial charge in [-0.25, -0.2) is 9.78 Å². The number of hydrogen-bond donors (Lipinski definition) is 2. The topological polar surface area (TPSA) is 82.9 Å². The quantitative estimate of drug-likeness (QED) is 0.791. The molecule has 0 unspecified atom stereocenters. The summed E-state index contributed by atoms with van der Waals surface area (Å²) in [6, 6.07) is 0. The molecule has 19 heavy (non-hydrogen) atoms. The molecule has 106 valence electrons. The molecule has 2 heterocycles. The lowest BCUT2D eigenvalue weighted by Gasteiger charge is -2.36. The number of aliphatic hydroxyl groups excluding tert-OH is 1. The van der Waals surface area contributed by atoms with E-state index in [4.69, 9.17) is 9.84 Å². The first-order chi connectivity index (χ1) is 9.08. The monoisotopic (exact) mass is 286 g/mol. The van der Waals surface area contributed by atoms with Crippen molar-refractivity contribution in [3.05, 3.63) is 11.1 Å². The molecule has 0 atom stereocenters. The van der Waals surface area contributed by atoms with Crippen LogP contribution in [0.15, 0.2) is 5.38 Å². The number of aliphatic hydroxyl groups is 2. The Hall–Kier alpha value is -1.18. The predicted molar refractivity (Wildman–Crippen MR) is 71.6 cm³/mol. The van der Waals surface area contributed by atoms with E-state index in [1.165, 1.54) is 11.3 Å². The number of anilines is 1. The number of carbonyl (C=O) groups is 1. The Morgan fingerprint density at radius 1 is 1.58 bits per heavy atom. The van der Waals surface area contributed by atoms with E-state index in [1.807, 2.05) is 4.90 Å². The summed E-state index contributed by atoms with van der Waals surface area (Å²) in [6.45, 7) is 3.11. The number of nitrogens with zero attached hydrogens (tertiary/aromatic N) is 2. The number of esters is 1. The summed E-state index contributed by atoms with van der Waals surface area (Å²) in [7, 11) is 0. The number of thiazole rings is 1. The molecule has 1 aliphatic heterocycles. The van der Waals surface area contributed by atoms with Gasteiger partial charge in [0.1, 0.15) is 0 Å². The van der Waals surface area contributed by atoms with Crippen molar-refractivity contribution in [3.8, 4) is 0 Å². The number of aromatic nitrogens is 1. The van der Waals surface area contributed by atoms with Gasteiger partial charge in [0.25, 0.3) is 0 Å². The lowest BCUT2D eigenvalue weighted by molar-refractivity contribution is -0.0325. The Balaban J connectivity index is 1.99. The molecule has 0 aliphatic carbocycles. The van der Waals surface area contributed by atoms with Crippen LogP contribution in [0, 0.1) is 0 Å². The third-order valence-electron chi connectivity index (χ3n) is 3.24. The molecular formula is C12H18N2O4S. The second-order valence-electron chi connectivity index (χ2n) is 4.61. The van der Waals surface area contributed by atoms with Gasteiger partial charge in [0.15, 0.2) is 10.8 Å². The summed E-state index contributed by atoms with van der Waals surface area (Å²) in [5, 5.41) is 21.5. The van der Waals surface area contributed by atoms with Crippen LogP contribution in [0.1, 0.15) is 30.3 Å². The maximum Gasteiger partial charge on any atom is 0.357 e. The highest BCUT2D eigenvalue weighted by atomic mass is 32.1. The van der Waals surface area contributed by atoms with Gasteiger partial charge in [-0.05, 0) is 19.8 Å². The molecule has 0 amide bonds. The van der Waals surface area contributed by atoms with E-state index in [2.05, 4.69) is 4.98 Å². The number of ether oxygens (including phenoxy) is 1. The molecule has 7 heteroatoms. The van der Waals surface area contributed by atoms with Crippen LogP contribution in [0.5, 0.6) is 0 Å². The fourth-order valence-electron chi connectivity index (χ4n) is 1.98.